The van der Waals surface area contributed by atoms with Crippen molar-refractivity contribution in [1.82, 2.24) is 0 Å². The van der Waals surface area contributed by atoms with E-state index in [9.17, 15) is 9.90 Å². The maximum Gasteiger partial charge on any atom is 0.259 e. The summed E-state index contributed by atoms with van der Waals surface area (Å²) in [5.74, 6) is 1.28. The van der Waals surface area contributed by atoms with Gasteiger partial charge in [0.25, 0.3) is 5.91 Å². The van der Waals surface area contributed by atoms with Gasteiger partial charge in [0.15, 0.2) is 0 Å². The molecule has 0 radical (unpaired) electrons. The fourth-order valence-electron chi connectivity index (χ4n) is 3.26. The molecule has 2 N–H and O–H groups in total. The average Bonchev–Trinajstić information content (AvgIpc) is 2.74. The van der Waals surface area contributed by atoms with Gasteiger partial charge in [-0.15, -0.1) is 0 Å². The molecule has 0 heterocycles. The van der Waals surface area contributed by atoms with Crippen molar-refractivity contribution in [2.24, 2.45) is 0 Å². The number of para-hydroxylation sites is 2. The van der Waals surface area contributed by atoms with Crippen LogP contribution in [0, 0.1) is 0 Å². The van der Waals surface area contributed by atoms with E-state index in [1.165, 1.54) is 0 Å². The number of amides is 1. The van der Waals surface area contributed by atoms with Crippen LogP contribution in [0.25, 0.3) is 0 Å². The van der Waals surface area contributed by atoms with Crippen LogP contribution in [0.1, 0.15) is 41.3 Å². The van der Waals surface area contributed by atoms with Crippen LogP contribution in [0.3, 0.4) is 0 Å². The van der Waals surface area contributed by atoms with Gasteiger partial charge in [0, 0.05) is 18.2 Å². The monoisotopic (exact) mass is 405 g/mol. The molecule has 0 spiro atoms. The Morgan fingerprint density at radius 3 is 2.57 bits per heavy atom. The molecule has 3 rings (SSSR count). The molecule has 0 saturated carbocycles. The van der Waals surface area contributed by atoms with Crippen LogP contribution >= 0.6 is 0 Å². The number of benzene rings is 3. The highest BCUT2D eigenvalue weighted by Gasteiger charge is 2.16. The highest BCUT2D eigenvalue weighted by molar-refractivity contribution is 6.06. The van der Waals surface area contributed by atoms with E-state index in [1.807, 2.05) is 56.3 Å². The average molecular weight is 405 g/mol. The molecular weight excluding hydrogens is 378 g/mol. The zero-order valence-electron chi connectivity index (χ0n) is 17.5. The maximum atomic E-state index is 12.7. The number of phenols is 1. The van der Waals surface area contributed by atoms with Crippen LogP contribution < -0.4 is 14.8 Å². The lowest BCUT2D eigenvalue weighted by atomic mass is 9.99. The molecule has 5 nitrogen and oxygen atoms in total. The van der Waals surface area contributed by atoms with Crippen LogP contribution in [0.2, 0.25) is 0 Å². The van der Waals surface area contributed by atoms with E-state index in [4.69, 9.17) is 9.47 Å². The zero-order chi connectivity index (χ0) is 21.5. The number of phenolic OH excluding ortho intramolecular Hbond substituents is 1. The van der Waals surface area contributed by atoms with Crippen LogP contribution in [0.5, 0.6) is 17.2 Å². The summed E-state index contributed by atoms with van der Waals surface area (Å²) in [5, 5.41) is 13.3. The summed E-state index contributed by atoms with van der Waals surface area (Å²) < 4.78 is 11.2. The van der Waals surface area contributed by atoms with Crippen molar-refractivity contribution in [3.63, 3.8) is 0 Å². The number of ether oxygens (including phenoxy) is 2. The topological polar surface area (TPSA) is 67.8 Å². The Hall–Kier alpha value is -3.47. The largest absolute Gasteiger partial charge is 0.507 e. The molecule has 156 valence electrons. The third-order valence-corrected chi connectivity index (χ3v) is 4.86. The lowest BCUT2D eigenvalue weighted by molar-refractivity contribution is 0.102. The Morgan fingerprint density at radius 1 is 1.03 bits per heavy atom. The SMILES string of the molecule is COc1ccccc1CCOc1cccc(NC(=O)c2cccc(C(C)C)c2O)c1. The third-order valence-electron chi connectivity index (χ3n) is 4.86. The van der Waals surface area contributed by atoms with E-state index in [0.29, 0.717) is 24.5 Å². The van der Waals surface area contributed by atoms with Gasteiger partial charge in [-0.05, 0) is 41.3 Å². The highest BCUT2D eigenvalue weighted by atomic mass is 16.5. The number of rotatable bonds is 8. The van der Waals surface area contributed by atoms with Crippen LogP contribution in [0.4, 0.5) is 5.69 Å². The van der Waals surface area contributed by atoms with E-state index in [2.05, 4.69) is 5.32 Å². The van der Waals surface area contributed by atoms with Crippen LogP contribution in [0.15, 0.2) is 66.7 Å². The van der Waals surface area contributed by atoms with Gasteiger partial charge < -0.3 is 19.9 Å². The van der Waals surface area contributed by atoms with Gasteiger partial charge in [-0.2, -0.15) is 0 Å². The summed E-state index contributed by atoms with van der Waals surface area (Å²) in [7, 11) is 1.65. The Balaban J connectivity index is 1.64. The predicted molar refractivity (Wildman–Crippen MR) is 119 cm³/mol. The lowest BCUT2D eigenvalue weighted by Crippen LogP contribution is -2.13. The Labute approximate surface area is 177 Å². The number of carbonyl (C=O) groups is 1. The standard InChI is InChI=1S/C25H27NO4/c1-17(2)21-11-7-12-22(24(21)27)25(28)26-19-9-6-10-20(16-19)30-15-14-18-8-4-5-13-23(18)29-3/h4-13,16-17,27H,14-15H2,1-3H3,(H,26,28). The summed E-state index contributed by atoms with van der Waals surface area (Å²) in [6.45, 7) is 4.43. The molecule has 0 aliphatic carbocycles. The summed E-state index contributed by atoms with van der Waals surface area (Å²) in [6, 6.07) is 20.3. The van der Waals surface area contributed by atoms with Crippen LogP contribution in [-0.2, 0) is 6.42 Å². The molecule has 0 unspecified atom stereocenters. The molecule has 0 bridgehead atoms. The van der Waals surface area contributed by atoms with Crippen molar-refractivity contribution in [2.45, 2.75) is 26.2 Å². The number of hydrogen-bond acceptors (Lipinski definition) is 4. The predicted octanol–water partition coefficient (Wildman–Crippen LogP) is 5.40. The molecule has 0 aliphatic rings. The molecule has 3 aromatic rings. The fourth-order valence-corrected chi connectivity index (χ4v) is 3.26. The summed E-state index contributed by atoms with van der Waals surface area (Å²) in [5.41, 5.74) is 2.67. The smallest absolute Gasteiger partial charge is 0.259 e. The summed E-state index contributed by atoms with van der Waals surface area (Å²) in [6.07, 6.45) is 0.705. The van der Waals surface area contributed by atoms with Crippen molar-refractivity contribution < 1.29 is 19.4 Å². The van der Waals surface area contributed by atoms with E-state index in [0.717, 1.165) is 16.9 Å². The van der Waals surface area contributed by atoms with E-state index in [-0.39, 0.29) is 23.1 Å². The first-order valence-electron chi connectivity index (χ1n) is 9.97. The molecule has 0 aromatic heterocycles. The van der Waals surface area contributed by atoms with E-state index in [1.54, 1.807) is 31.4 Å². The minimum atomic E-state index is -0.360. The van der Waals surface area contributed by atoms with Crippen LogP contribution in [-0.4, -0.2) is 24.7 Å². The van der Waals surface area contributed by atoms with Crippen molar-refractivity contribution in [2.75, 3.05) is 19.0 Å². The van der Waals surface area contributed by atoms with Gasteiger partial charge in [-0.1, -0.05) is 50.2 Å². The molecule has 30 heavy (non-hydrogen) atoms. The third kappa shape index (κ3) is 5.11. The van der Waals surface area contributed by atoms with Gasteiger partial charge >= 0.3 is 0 Å². The van der Waals surface area contributed by atoms with E-state index >= 15 is 0 Å². The quantitative estimate of drug-likeness (QED) is 0.527. The highest BCUT2D eigenvalue weighted by Crippen LogP contribution is 2.29. The van der Waals surface area contributed by atoms with Crippen molar-refractivity contribution in [3.05, 3.63) is 83.4 Å². The second-order valence-corrected chi connectivity index (χ2v) is 7.29. The Bertz CT molecular complexity index is 1010. The number of anilines is 1. The molecule has 0 aliphatic heterocycles. The number of aromatic hydroxyl groups is 1. The molecular formula is C25H27NO4. The molecule has 5 heteroatoms. The molecule has 3 aromatic carbocycles. The first kappa shape index (κ1) is 21.2. The minimum Gasteiger partial charge on any atom is -0.507 e. The lowest BCUT2D eigenvalue weighted by Gasteiger charge is -2.13. The second kappa shape index (κ2) is 9.83. The minimum absolute atomic E-state index is 0.0224. The second-order valence-electron chi connectivity index (χ2n) is 7.29. The number of nitrogens with one attached hydrogen (secondary N) is 1. The number of methoxy groups -OCH3 is 1. The number of carbonyl (C=O) groups excluding carboxylic acids is 1. The number of hydrogen-bond donors (Lipinski definition) is 2. The summed E-state index contributed by atoms with van der Waals surface area (Å²) in [4.78, 5) is 12.7. The van der Waals surface area contributed by atoms with Gasteiger partial charge in [-0.25, -0.2) is 0 Å². The Morgan fingerprint density at radius 2 is 1.80 bits per heavy atom. The van der Waals surface area contributed by atoms with Gasteiger partial charge in [0.2, 0.25) is 0 Å². The molecule has 0 atom stereocenters. The summed E-state index contributed by atoms with van der Waals surface area (Å²) >= 11 is 0. The van der Waals surface area contributed by atoms with Crippen molar-refractivity contribution in [3.8, 4) is 17.2 Å². The van der Waals surface area contributed by atoms with Gasteiger partial charge in [0.05, 0.1) is 19.3 Å². The maximum absolute atomic E-state index is 12.7. The van der Waals surface area contributed by atoms with Crippen molar-refractivity contribution >= 4 is 11.6 Å². The Kier molecular flexibility index (Phi) is 6.96. The molecule has 0 fully saturated rings. The van der Waals surface area contributed by atoms with Crippen molar-refractivity contribution in [1.29, 1.82) is 0 Å². The zero-order valence-corrected chi connectivity index (χ0v) is 17.5. The van der Waals surface area contributed by atoms with Gasteiger partial charge in [0.1, 0.15) is 17.2 Å². The van der Waals surface area contributed by atoms with Gasteiger partial charge in [-0.3, -0.25) is 4.79 Å². The fraction of sp³-hybridized carbons (Fsp3) is 0.240. The molecule has 0 saturated heterocycles. The molecule has 1 amide bonds. The normalized spacial score (nSPS) is 10.7. The first-order valence-corrected chi connectivity index (χ1v) is 9.97. The van der Waals surface area contributed by atoms with E-state index < -0.39 is 0 Å². The first-order chi connectivity index (χ1) is 14.5.